The summed E-state index contributed by atoms with van der Waals surface area (Å²) in [4.78, 5) is 36.5. The summed E-state index contributed by atoms with van der Waals surface area (Å²) in [5, 5.41) is 78.3. The second-order valence-corrected chi connectivity index (χ2v) is 34.7. The molecule has 0 radical (unpaired) electrons. The Balaban J connectivity index is 0.000000239. The zero-order valence-corrected chi connectivity index (χ0v) is 79.2. The molecule has 35 heteroatoms. The van der Waals surface area contributed by atoms with E-state index in [1.807, 2.05) is 233 Å². The Kier molecular flexibility index (Phi) is 40.9. The number of benzene rings is 8. The fraction of sp³-hybridized carbons (Fsp3) is 0.250. The van der Waals surface area contributed by atoms with Crippen LogP contribution in [0.1, 0.15) is 110 Å². The fourth-order valence-corrected chi connectivity index (χ4v) is 16.2. The van der Waals surface area contributed by atoms with Gasteiger partial charge in [-0.05, 0) is 220 Å². The summed E-state index contributed by atoms with van der Waals surface area (Å²) in [6, 6.07) is 64.6. The molecule has 8 aromatic carbocycles. The monoisotopic (exact) mass is 1950 g/mol. The van der Waals surface area contributed by atoms with Crippen molar-refractivity contribution < 1.29 is 49.3 Å². The van der Waals surface area contributed by atoms with Crippen LogP contribution in [0.25, 0.3) is 56.4 Å². The first kappa shape index (κ1) is 103. The standard InChI is InChI=1S/C21H19ClN4O2S.C20H21ClN4O2S.C20H18ClN3OS.C17H11ClIN3S.C7H16O3.C3H6O.ClH.H3NO/c1-21(2,27)20-24-17(13-4-6-14(7-5-13)18-23-12-28-25-18)19(26(20)3)29-16-10-8-15(22)9-11-16;1-20(2,26)19-23-16(12-4-6-13(7-5-12)17(22)24-27)18(25(19)3)28-15-10-8-14(21)9-11-15;1-20(2,25)19-23-17(14-6-4-13(12-22)5-7-14)18(24(19)3)26-16-10-8-15(21)9-11-16;1-22-16(23-14-8-6-13(18)7-9-14)15(21-17(22)19)12-4-2-11(10-20)3-5-12;1-4-8-7(9-5-2)10-6-3;1-3(2)4;;1-2/h4-12,27H,1-3H3;4-11,26-27H,1-3H3,(H2,22,24);4-11,25H,1-3H3;2-9H,1H3;7H,4-6H2,1-3H3;1-2H3;1H;2H,1H2. The van der Waals surface area contributed by atoms with Gasteiger partial charge in [-0.2, -0.15) is 15.5 Å². The van der Waals surface area contributed by atoms with Crippen molar-refractivity contribution in [3.63, 3.8) is 0 Å². The van der Waals surface area contributed by atoms with E-state index in [0.29, 0.717) is 74.9 Å². The highest BCUT2D eigenvalue weighted by atomic mass is 127. The Hall–Kier alpha value is -9.08. The lowest BCUT2D eigenvalue weighted by molar-refractivity contribution is -0.282. The van der Waals surface area contributed by atoms with Gasteiger partial charge in [-0.25, -0.2) is 25.8 Å². The number of carbonyl (C=O) groups is 1. The van der Waals surface area contributed by atoms with Crippen LogP contribution in [0.3, 0.4) is 0 Å². The van der Waals surface area contributed by atoms with Crippen molar-refractivity contribution in [2.45, 2.75) is 139 Å². The molecule has 0 amide bonds. The summed E-state index contributed by atoms with van der Waals surface area (Å²) >= 11 is 32.5. The summed E-state index contributed by atoms with van der Waals surface area (Å²) < 4.78 is 28.8. The van der Waals surface area contributed by atoms with Gasteiger partial charge in [0.25, 0.3) is 6.48 Å². The molecule has 0 aliphatic carbocycles. The molecule has 123 heavy (non-hydrogen) atoms. The Morgan fingerprint density at radius 3 is 0.992 bits per heavy atom. The summed E-state index contributed by atoms with van der Waals surface area (Å²) in [6.45, 7) is 20.5. The lowest BCUT2D eigenvalue weighted by Gasteiger charge is -2.17. The highest BCUT2D eigenvalue weighted by Gasteiger charge is 2.31. The zero-order valence-electron chi connectivity index (χ0n) is 69.9. The minimum Gasteiger partial charge on any atom is -0.409 e. The number of Topliss-reactive ketones (excluding diaryl/α,β-unsaturated/α-hetero) is 1. The molecule has 25 nitrogen and oxygen atoms in total. The van der Waals surface area contributed by atoms with Gasteiger partial charge < -0.3 is 73.3 Å². The smallest absolute Gasteiger partial charge is 0.271 e. The molecule has 648 valence electrons. The number of halogens is 6. The van der Waals surface area contributed by atoms with Gasteiger partial charge in [0, 0.05) is 121 Å². The molecule has 0 bridgehead atoms. The number of aromatic nitrogens is 10. The van der Waals surface area contributed by atoms with E-state index in [4.69, 9.17) is 107 Å². The third-order valence-electron chi connectivity index (χ3n) is 16.7. The number of oxime groups is 1. The van der Waals surface area contributed by atoms with Gasteiger partial charge in [0.2, 0.25) is 12.2 Å². The summed E-state index contributed by atoms with van der Waals surface area (Å²) in [7, 11) is 7.69. The van der Waals surface area contributed by atoms with Crippen LogP contribution >= 0.6 is 128 Å². The van der Waals surface area contributed by atoms with Gasteiger partial charge in [0.1, 0.15) is 82.9 Å². The fourth-order valence-electron chi connectivity index (χ4n) is 11.1. The van der Waals surface area contributed by atoms with Crippen LogP contribution in [0.15, 0.2) is 250 Å². The molecule has 0 atom stereocenters. The molecular weight excluding hydrogens is 1860 g/mol. The maximum absolute atomic E-state index is 10.6. The Morgan fingerprint density at radius 2 is 0.740 bits per heavy atom. The molecule has 0 aliphatic heterocycles. The first-order chi connectivity index (χ1) is 58.0. The van der Waals surface area contributed by atoms with Crippen LogP contribution in [0.4, 0.5) is 0 Å². The Bertz CT molecular complexity index is 5600. The largest absolute Gasteiger partial charge is 0.409 e. The number of rotatable bonds is 23. The van der Waals surface area contributed by atoms with E-state index in [2.05, 4.69) is 65.5 Å². The summed E-state index contributed by atoms with van der Waals surface area (Å²) in [5.41, 5.74) is 12.0. The van der Waals surface area contributed by atoms with Crippen molar-refractivity contribution >= 4 is 140 Å². The number of carbonyl (C=O) groups excluding carboxylic acids is 1. The van der Waals surface area contributed by atoms with Gasteiger partial charge in [-0.1, -0.05) is 177 Å². The van der Waals surface area contributed by atoms with Crippen LogP contribution in [0.5, 0.6) is 0 Å². The molecule has 0 fully saturated rings. The number of nitrogens with two attached hydrogens (primary N) is 2. The first-order valence-electron chi connectivity index (χ1n) is 37.4. The van der Waals surface area contributed by atoms with Crippen molar-refractivity contribution in [3.05, 3.63) is 259 Å². The van der Waals surface area contributed by atoms with E-state index in [1.165, 1.54) is 32.0 Å². The van der Waals surface area contributed by atoms with Crippen LogP contribution < -0.4 is 11.6 Å². The van der Waals surface area contributed by atoms with Crippen LogP contribution in [-0.4, -0.2) is 112 Å². The number of amidine groups is 1. The molecule has 0 aliphatic rings. The minimum atomic E-state index is -1.10. The first-order valence-corrected chi connectivity index (χ1v) is 43.2. The topological polar surface area (TPSA) is 368 Å². The average molecular weight is 1960 g/mol. The van der Waals surface area contributed by atoms with E-state index in [1.54, 1.807) is 101 Å². The van der Waals surface area contributed by atoms with E-state index in [0.717, 1.165) is 99.1 Å². The summed E-state index contributed by atoms with van der Waals surface area (Å²) in [6.07, 6.45) is 1.30. The molecule has 0 unspecified atom stereocenters. The van der Waals surface area contributed by atoms with Crippen molar-refractivity contribution in [2.24, 2.45) is 45.0 Å². The molecule has 13 aromatic rings. The second kappa shape index (κ2) is 49.0. The number of ketones is 1. The number of nitrogens with zero attached hydrogens (tertiary/aromatic N) is 13. The maximum Gasteiger partial charge on any atom is 0.271 e. The normalized spacial score (nSPS) is 11.1. The number of hydrogen-bond donors (Lipinski definition) is 7. The SMILES string of the molecule is CC(C)=O.CCOC(OCC)OCC.Cl.Cn1c(C(C)(C)O)nc(-c2ccc(-c3ncon3)cc2)c1Sc1ccc(Cl)cc1.Cn1c(C(C)(C)O)nc(-c2ccc(/C(N)=N\O)cc2)c1Sc1ccc(Cl)cc1.Cn1c(C(C)(C)O)nc(-c2ccc(C#N)cc2)c1Sc1ccc(Cl)cc1.Cn1c(I)nc(-c2ccc(C#N)cc2)c1Sc1ccc(Cl)cc1.NO. The predicted octanol–water partition coefficient (Wildman–Crippen LogP) is 21.5. The maximum atomic E-state index is 10.6. The number of nitriles is 2. The van der Waals surface area contributed by atoms with E-state index >= 15 is 0 Å². The predicted molar refractivity (Wildman–Crippen MR) is 499 cm³/mol. The van der Waals surface area contributed by atoms with Crippen molar-refractivity contribution in [3.8, 4) is 68.6 Å². The van der Waals surface area contributed by atoms with Crippen molar-refractivity contribution in [2.75, 3.05) is 19.8 Å². The molecular formula is C88H95Cl5IN15O10S4. The highest BCUT2D eigenvalue weighted by Crippen LogP contribution is 2.44. The average Bonchev–Trinajstić information content (AvgIpc) is 1.63. The molecule has 0 saturated carbocycles. The molecule has 13 rings (SSSR count). The lowest BCUT2D eigenvalue weighted by atomic mass is 10.1. The van der Waals surface area contributed by atoms with Gasteiger partial charge in [0.15, 0.2) is 9.67 Å². The quantitative estimate of drug-likeness (QED) is 0.00781. The number of ether oxygens (including phenoxy) is 3. The van der Waals surface area contributed by atoms with Crippen LogP contribution in [-0.2, 0) is 64.0 Å². The van der Waals surface area contributed by atoms with Crippen LogP contribution in [0.2, 0.25) is 20.1 Å². The van der Waals surface area contributed by atoms with E-state index in [9.17, 15) is 20.1 Å². The highest BCUT2D eigenvalue weighted by molar-refractivity contribution is 14.1. The van der Waals surface area contributed by atoms with E-state index < -0.39 is 23.3 Å². The molecule has 9 N–H and O–H groups in total. The number of imidazole rings is 4. The minimum absolute atomic E-state index is 0. The van der Waals surface area contributed by atoms with Gasteiger partial charge >= 0.3 is 0 Å². The second-order valence-electron chi connectivity index (χ2n) is 27.8. The third kappa shape index (κ3) is 30.1. The molecule has 0 spiro atoms. The Morgan fingerprint density at radius 1 is 0.480 bits per heavy atom. The van der Waals surface area contributed by atoms with Crippen molar-refractivity contribution in [1.82, 2.24) is 48.3 Å². The van der Waals surface area contributed by atoms with Gasteiger partial charge in [-0.15, -0.1) is 12.4 Å². The van der Waals surface area contributed by atoms with E-state index in [-0.39, 0.29) is 24.0 Å². The third-order valence-corrected chi connectivity index (χ3v) is 23.3. The van der Waals surface area contributed by atoms with Crippen LogP contribution in [0, 0.1) is 26.5 Å². The van der Waals surface area contributed by atoms with Crippen molar-refractivity contribution in [1.29, 1.82) is 10.5 Å². The summed E-state index contributed by atoms with van der Waals surface area (Å²) in [5.74, 6) is 5.96. The molecule has 5 heterocycles. The Labute approximate surface area is 772 Å². The molecule has 0 saturated heterocycles. The molecule has 5 aromatic heterocycles. The van der Waals surface area contributed by atoms with Gasteiger partial charge in [0.05, 0.1) is 23.3 Å². The number of aliphatic hydroxyl groups is 3. The number of hydrogen-bond acceptors (Lipinski definition) is 24. The lowest BCUT2D eigenvalue weighted by Crippen LogP contribution is -2.21. The van der Waals surface area contributed by atoms with Gasteiger partial charge in [-0.3, -0.25) is 0 Å². The zero-order chi connectivity index (χ0) is 89.8.